The molecule has 1 aliphatic heterocycles. The molecule has 0 radical (unpaired) electrons. The second kappa shape index (κ2) is 9.42. The molecule has 5 nitrogen and oxygen atoms in total. The zero-order valence-corrected chi connectivity index (χ0v) is 15.0. The Morgan fingerprint density at radius 3 is 2.72 bits per heavy atom. The molecule has 6 heteroatoms. The maximum Gasteiger partial charge on any atom is 0.250 e. The van der Waals surface area contributed by atoms with Crippen LogP contribution in [0.3, 0.4) is 0 Å². The molecule has 2 aromatic rings. The van der Waals surface area contributed by atoms with E-state index in [9.17, 15) is 4.79 Å². The highest BCUT2D eigenvalue weighted by atomic mass is 35.5. The highest BCUT2D eigenvalue weighted by Gasteiger charge is 2.21. The Morgan fingerprint density at radius 2 is 2.04 bits per heavy atom. The normalized spacial score (nSPS) is 16.6. The fourth-order valence-corrected chi connectivity index (χ4v) is 2.65. The van der Waals surface area contributed by atoms with Crippen molar-refractivity contribution in [2.75, 3.05) is 26.8 Å². The Morgan fingerprint density at radius 1 is 1.24 bits per heavy atom. The number of rotatable bonds is 5. The molecule has 1 heterocycles. The van der Waals surface area contributed by atoms with Crippen molar-refractivity contribution in [2.24, 2.45) is 0 Å². The van der Waals surface area contributed by atoms with Crippen molar-refractivity contribution in [3.8, 4) is 16.9 Å². The number of benzene rings is 2. The van der Waals surface area contributed by atoms with Gasteiger partial charge in [0, 0.05) is 19.6 Å². The Bertz CT molecular complexity index is 685. The molecule has 0 aromatic heterocycles. The first-order valence-electron chi connectivity index (χ1n) is 8.09. The molecule has 3 rings (SSSR count). The molecular formula is C19H23ClN2O3. The third kappa shape index (κ3) is 5.19. The third-order valence-electron chi connectivity index (χ3n) is 4.04. The van der Waals surface area contributed by atoms with E-state index in [-0.39, 0.29) is 18.3 Å². The lowest BCUT2D eigenvalue weighted by Crippen LogP contribution is -2.47. The fraction of sp³-hybridized carbons (Fsp3) is 0.316. The van der Waals surface area contributed by atoms with Crippen molar-refractivity contribution in [1.29, 1.82) is 0 Å². The van der Waals surface area contributed by atoms with Crippen LogP contribution in [0.5, 0.6) is 5.75 Å². The smallest absolute Gasteiger partial charge is 0.250 e. The minimum atomic E-state index is -0.394. The fourth-order valence-electron chi connectivity index (χ4n) is 2.65. The van der Waals surface area contributed by atoms with Crippen LogP contribution in [0.25, 0.3) is 11.1 Å². The maximum atomic E-state index is 12.0. The lowest BCUT2D eigenvalue weighted by molar-refractivity contribution is -0.134. The number of methoxy groups -OCH3 is 1. The molecule has 25 heavy (non-hydrogen) atoms. The van der Waals surface area contributed by atoms with Gasteiger partial charge in [0.05, 0.1) is 13.7 Å². The lowest BCUT2D eigenvalue weighted by atomic mass is 10.0. The van der Waals surface area contributed by atoms with Crippen LogP contribution in [-0.4, -0.2) is 38.8 Å². The summed E-state index contributed by atoms with van der Waals surface area (Å²) in [5, 5.41) is 6.08. The summed E-state index contributed by atoms with van der Waals surface area (Å²) >= 11 is 0. The van der Waals surface area contributed by atoms with Gasteiger partial charge in [0.1, 0.15) is 11.9 Å². The highest BCUT2D eigenvalue weighted by molar-refractivity contribution is 5.85. The summed E-state index contributed by atoms with van der Waals surface area (Å²) in [6.07, 6.45) is -0.394. The van der Waals surface area contributed by atoms with Crippen LogP contribution in [0.2, 0.25) is 0 Å². The molecule has 2 N–H and O–H groups in total. The Kier molecular flexibility index (Phi) is 7.25. The van der Waals surface area contributed by atoms with Crippen LogP contribution < -0.4 is 15.4 Å². The number of hydrogen-bond acceptors (Lipinski definition) is 4. The van der Waals surface area contributed by atoms with Crippen LogP contribution in [-0.2, 0) is 16.1 Å². The lowest BCUT2D eigenvalue weighted by Gasteiger charge is -2.22. The molecular weight excluding hydrogens is 340 g/mol. The summed E-state index contributed by atoms with van der Waals surface area (Å²) < 4.78 is 10.7. The number of ether oxygens (including phenoxy) is 2. The molecule has 1 saturated heterocycles. The minimum absolute atomic E-state index is 0. The number of morpholine rings is 1. The van der Waals surface area contributed by atoms with Crippen molar-refractivity contribution in [3.63, 3.8) is 0 Å². The van der Waals surface area contributed by atoms with Gasteiger partial charge in [-0.2, -0.15) is 0 Å². The highest BCUT2D eigenvalue weighted by Crippen LogP contribution is 2.24. The summed E-state index contributed by atoms with van der Waals surface area (Å²) in [6.45, 7) is 2.44. The number of carbonyl (C=O) groups is 1. The second-order valence-electron chi connectivity index (χ2n) is 5.71. The average molecular weight is 363 g/mol. The molecule has 1 unspecified atom stereocenters. The monoisotopic (exact) mass is 362 g/mol. The van der Waals surface area contributed by atoms with E-state index in [0.717, 1.165) is 29.0 Å². The number of amides is 1. The molecule has 1 atom stereocenters. The van der Waals surface area contributed by atoms with Gasteiger partial charge in [0.15, 0.2) is 0 Å². The van der Waals surface area contributed by atoms with Gasteiger partial charge in [-0.1, -0.05) is 36.4 Å². The molecule has 1 aliphatic rings. The molecule has 0 saturated carbocycles. The van der Waals surface area contributed by atoms with Gasteiger partial charge in [-0.05, 0) is 28.8 Å². The summed E-state index contributed by atoms with van der Waals surface area (Å²) in [5.74, 6) is 0.768. The number of carbonyl (C=O) groups excluding carboxylic acids is 1. The van der Waals surface area contributed by atoms with E-state index >= 15 is 0 Å². The van der Waals surface area contributed by atoms with Gasteiger partial charge >= 0.3 is 0 Å². The predicted octanol–water partition coefficient (Wildman–Crippen LogP) is 2.39. The average Bonchev–Trinajstić information content (AvgIpc) is 2.67. The van der Waals surface area contributed by atoms with Gasteiger partial charge < -0.3 is 20.1 Å². The third-order valence-corrected chi connectivity index (χ3v) is 4.04. The summed E-state index contributed by atoms with van der Waals surface area (Å²) in [4.78, 5) is 12.0. The van der Waals surface area contributed by atoms with Crippen LogP contribution in [0.4, 0.5) is 0 Å². The molecule has 134 valence electrons. The topological polar surface area (TPSA) is 59.6 Å². The first-order chi connectivity index (χ1) is 11.8. The standard InChI is InChI=1S/C19H22N2O3.ClH/c1-23-17-4-2-3-16(11-17)15-7-5-14(6-8-15)12-21-19(22)18-13-20-9-10-24-18;/h2-8,11,18,20H,9-10,12-13H2,1H3,(H,21,22);1H. The van der Waals surface area contributed by atoms with Gasteiger partial charge in [-0.3, -0.25) is 4.79 Å². The molecule has 1 amide bonds. The number of halogens is 1. The first-order valence-corrected chi connectivity index (χ1v) is 8.09. The zero-order chi connectivity index (χ0) is 16.8. The molecule has 0 bridgehead atoms. The number of nitrogens with one attached hydrogen (secondary N) is 2. The summed E-state index contributed by atoms with van der Waals surface area (Å²) in [7, 11) is 1.66. The van der Waals surface area contributed by atoms with Crippen LogP contribution in [0.1, 0.15) is 5.56 Å². The van der Waals surface area contributed by atoms with Crippen molar-refractivity contribution < 1.29 is 14.3 Å². The van der Waals surface area contributed by atoms with Gasteiger partial charge in [-0.15, -0.1) is 12.4 Å². The second-order valence-corrected chi connectivity index (χ2v) is 5.71. The summed E-state index contributed by atoms with van der Waals surface area (Å²) in [6, 6.07) is 16.1. The molecule has 0 spiro atoms. The van der Waals surface area contributed by atoms with Crippen molar-refractivity contribution in [1.82, 2.24) is 10.6 Å². The first kappa shape index (κ1) is 19.2. The van der Waals surface area contributed by atoms with Crippen LogP contribution in [0.15, 0.2) is 48.5 Å². The van der Waals surface area contributed by atoms with Gasteiger partial charge in [0.25, 0.3) is 5.91 Å². The van der Waals surface area contributed by atoms with Crippen molar-refractivity contribution in [3.05, 3.63) is 54.1 Å². The SMILES string of the molecule is COc1cccc(-c2ccc(CNC(=O)C3CNCCO3)cc2)c1.Cl. The van der Waals surface area contributed by atoms with Crippen molar-refractivity contribution in [2.45, 2.75) is 12.6 Å². The van der Waals surface area contributed by atoms with Crippen molar-refractivity contribution >= 4 is 18.3 Å². The maximum absolute atomic E-state index is 12.0. The zero-order valence-electron chi connectivity index (χ0n) is 14.2. The largest absolute Gasteiger partial charge is 0.497 e. The van der Waals surface area contributed by atoms with Gasteiger partial charge in [-0.25, -0.2) is 0 Å². The Balaban J connectivity index is 0.00000225. The van der Waals surface area contributed by atoms with Crippen LogP contribution in [0, 0.1) is 0 Å². The minimum Gasteiger partial charge on any atom is -0.497 e. The predicted molar refractivity (Wildman–Crippen MR) is 100 cm³/mol. The molecule has 2 aromatic carbocycles. The quantitative estimate of drug-likeness (QED) is 0.857. The van der Waals surface area contributed by atoms with E-state index in [1.54, 1.807) is 7.11 Å². The van der Waals surface area contributed by atoms with Gasteiger partial charge in [0.2, 0.25) is 0 Å². The molecule has 1 fully saturated rings. The van der Waals surface area contributed by atoms with Crippen LogP contribution >= 0.6 is 12.4 Å². The van der Waals surface area contributed by atoms with E-state index in [0.29, 0.717) is 19.7 Å². The molecule has 0 aliphatic carbocycles. The van der Waals surface area contributed by atoms with E-state index in [1.807, 2.05) is 36.4 Å². The van der Waals surface area contributed by atoms with E-state index in [2.05, 4.69) is 22.8 Å². The van der Waals surface area contributed by atoms with E-state index in [1.165, 1.54) is 0 Å². The van der Waals surface area contributed by atoms with E-state index < -0.39 is 6.10 Å². The van der Waals surface area contributed by atoms with E-state index in [4.69, 9.17) is 9.47 Å². The Labute approximate surface area is 154 Å². The number of hydrogen-bond donors (Lipinski definition) is 2. The Hall–Kier alpha value is -2.08. The summed E-state index contributed by atoms with van der Waals surface area (Å²) in [5.41, 5.74) is 3.27.